The van der Waals surface area contributed by atoms with Crippen molar-refractivity contribution in [1.29, 1.82) is 0 Å². The Morgan fingerprint density at radius 3 is 1.96 bits per heavy atom. The van der Waals surface area contributed by atoms with E-state index in [2.05, 4.69) is 16.0 Å². The highest BCUT2D eigenvalue weighted by Gasteiger charge is 2.15. The molecular formula is C17H22N4O6. The van der Waals surface area contributed by atoms with E-state index >= 15 is 0 Å². The number of hydrogen-bond acceptors (Lipinski definition) is 6. The van der Waals surface area contributed by atoms with E-state index in [0.717, 1.165) is 0 Å². The normalized spacial score (nSPS) is 9.74. The van der Waals surface area contributed by atoms with Gasteiger partial charge in [-0.15, -0.1) is 0 Å². The van der Waals surface area contributed by atoms with Crippen LogP contribution in [0.25, 0.3) is 0 Å². The molecule has 0 atom stereocenters. The van der Waals surface area contributed by atoms with E-state index in [1.807, 2.05) is 12.2 Å². The molecule has 5 amide bonds. The average Bonchev–Trinajstić information content (AvgIpc) is 2.56. The van der Waals surface area contributed by atoms with E-state index < -0.39 is 24.5 Å². The number of ether oxygens (including phenoxy) is 1. The van der Waals surface area contributed by atoms with Gasteiger partial charge in [0.1, 0.15) is 0 Å². The summed E-state index contributed by atoms with van der Waals surface area (Å²) >= 11 is 0. The first-order chi connectivity index (χ1) is 12.7. The molecule has 0 aliphatic heterocycles. The van der Waals surface area contributed by atoms with E-state index in [1.165, 1.54) is 32.0 Å². The minimum atomic E-state index is -0.863. The summed E-state index contributed by atoms with van der Waals surface area (Å²) in [5.74, 6) is -2.39. The van der Waals surface area contributed by atoms with Gasteiger partial charge >= 0.3 is 12.0 Å². The van der Waals surface area contributed by atoms with E-state index in [9.17, 15) is 24.0 Å². The number of amides is 5. The van der Waals surface area contributed by atoms with Crippen LogP contribution in [0.5, 0.6) is 0 Å². The summed E-state index contributed by atoms with van der Waals surface area (Å²) in [5, 5.41) is 9.45. The fourth-order valence-electron chi connectivity index (χ4n) is 1.96. The fraction of sp³-hybridized carbons (Fsp3) is 0.353. The Bertz CT molecular complexity index is 713. The van der Waals surface area contributed by atoms with Gasteiger partial charge in [-0.3, -0.25) is 19.7 Å². The van der Waals surface area contributed by atoms with Crippen molar-refractivity contribution in [1.82, 2.24) is 10.6 Å². The van der Waals surface area contributed by atoms with Crippen LogP contribution < -0.4 is 21.3 Å². The summed E-state index contributed by atoms with van der Waals surface area (Å²) in [5.41, 5.74) is 0.543. The van der Waals surface area contributed by atoms with Crippen LogP contribution in [0.1, 0.15) is 37.6 Å². The molecule has 0 bridgehead atoms. The van der Waals surface area contributed by atoms with Crippen LogP contribution in [0, 0.1) is 0 Å². The number of esters is 1. The Morgan fingerprint density at radius 1 is 0.926 bits per heavy atom. The topological polar surface area (TPSA) is 143 Å². The van der Waals surface area contributed by atoms with Crippen LogP contribution in [0.3, 0.4) is 0 Å². The highest BCUT2D eigenvalue weighted by atomic mass is 16.5. The lowest BCUT2D eigenvalue weighted by atomic mass is 10.1. The van der Waals surface area contributed by atoms with Crippen LogP contribution in [0.2, 0.25) is 0 Å². The maximum absolute atomic E-state index is 12.2. The summed E-state index contributed by atoms with van der Waals surface area (Å²) in [6, 6.07) is 3.45. The zero-order valence-electron chi connectivity index (χ0n) is 15.3. The predicted molar refractivity (Wildman–Crippen MR) is 97.2 cm³/mol. The molecule has 146 valence electrons. The molecule has 0 aliphatic carbocycles. The molecule has 1 aromatic carbocycles. The van der Waals surface area contributed by atoms with Gasteiger partial charge in [-0.25, -0.2) is 9.59 Å². The molecule has 27 heavy (non-hydrogen) atoms. The molecule has 0 spiro atoms. The van der Waals surface area contributed by atoms with E-state index in [1.54, 1.807) is 0 Å². The molecule has 0 aromatic heterocycles. The SMILES string of the molecule is CCCNC(=O)NC(=O)COC(=O)c1cc(NC(C)=O)cc(NC(C)=O)c1. The summed E-state index contributed by atoms with van der Waals surface area (Å²) in [4.78, 5) is 57.6. The van der Waals surface area contributed by atoms with Gasteiger partial charge in [-0.2, -0.15) is 0 Å². The number of imide groups is 1. The maximum Gasteiger partial charge on any atom is 0.338 e. The summed E-state index contributed by atoms with van der Waals surface area (Å²) in [6.45, 7) is 4.17. The Hall–Kier alpha value is -3.43. The number of urea groups is 1. The van der Waals surface area contributed by atoms with Gasteiger partial charge in [-0.1, -0.05) is 6.92 Å². The summed E-state index contributed by atoms with van der Waals surface area (Å²) in [6.07, 6.45) is 0.706. The molecule has 0 unspecified atom stereocenters. The number of carbonyl (C=O) groups excluding carboxylic acids is 5. The Morgan fingerprint density at radius 2 is 1.48 bits per heavy atom. The summed E-state index contributed by atoms with van der Waals surface area (Å²) in [7, 11) is 0. The number of benzene rings is 1. The third kappa shape index (κ3) is 8.47. The van der Waals surface area contributed by atoms with Crippen molar-refractivity contribution in [2.24, 2.45) is 0 Å². The zero-order chi connectivity index (χ0) is 20.4. The van der Waals surface area contributed by atoms with Gasteiger partial charge in [0.05, 0.1) is 5.56 Å². The largest absolute Gasteiger partial charge is 0.452 e. The smallest absolute Gasteiger partial charge is 0.338 e. The van der Waals surface area contributed by atoms with Gasteiger partial charge in [0.15, 0.2) is 6.61 Å². The molecule has 0 aliphatic rings. The van der Waals surface area contributed by atoms with Crippen molar-refractivity contribution in [3.63, 3.8) is 0 Å². The second-order valence-corrected chi connectivity index (χ2v) is 5.54. The minimum Gasteiger partial charge on any atom is -0.452 e. The number of hydrogen-bond donors (Lipinski definition) is 4. The molecule has 0 saturated heterocycles. The first-order valence-corrected chi connectivity index (χ1v) is 8.16. The van der Waals surface area contributed by atoms with Crippen LogP contribution in [-0.2, 0) is 19.1 Å². The first-order valence-electron chi connectivity index (χ1n) is 8.16. The lowest BCUT2D eigenvalue weighted by molar-refractivity contribution is -0.123. The van der Waals surface area contributed by atoms with Crippen molar-refractivity contribution in [3.05, 3.63) is 23.8 Å². The van der Waals surface area contributed by atoms with E-state index in [-0.39, 0.29) is 28.8 Å². The molecule has 4 N–H and O–H groups in total. The van der Waals surface area contributed by atoms with Gasteiger partial charge in [0, 0.05) is 31.8 Å². The Kier molecular flexibility index (Phi) is 8.43. The van der Waals surface area contributed by atoms with Crippen LogP contribution >= 0.6 is 0 Å². The lowest BCUT2D eigenvalue weighted by Crippen LogP contribution is -2.41. The molecule has 0 saturated carbocycles. The number of carbonyl (C=O) groups is 5. The lowest BCUT2D eigenvalue weighted by Gasteiger charge is -2.11. The molecular weight excluding hydrogens is 356 g/mol. The quantitative estimate of drug-likeness (QED) is 0.521. The monoisotopic (exact) mass is 378 g/mol. The van der Waals surface area contributed by atoms with Gasteiger partial charge < -0.3 is 20.7 Å². The van der Waals surface area contributed by atoms with Gasteiger partial charge in [0.25, 0.3) is 5.91 Å². The zero-order valence-corrected chi connectivity index (χ0v) is 15.3. The van der Waals surface area contributed by atoms with E-state index in [4.69, 9.17) is 4.74 Å². The van der Waals surface area contributed by atoms with Crippen molar-refractivity contribution in [2.45, 2.75) is 27.2 Å². The molecule has 10 nitrogen and oxygen atoms in total. The number of rotatable bonds is 7. The van der Waals surface area contributed by atoms with Crippen molar-refractivity contribution in [2.75, 3.05) is 23.8 Å². The van der Waals surface area contributed by atoms with Crippen molar-refractivity contribution in [3.8, 4) is 0 Å². The van der Waals surface area contributed by atoms with E-state index in [0.29, 0.717) is 13.0 Å². The third-order valence-electron chi connectivity index (χ3n) is 2.93. The molecule has 0 radical (unpaired) electrons. The Labute approximate surface area is 156 Å². The fourth-order valence-corrected chi connectivity index (χ4v) is 1.96. The molecule has 10 heteroatoms. The third-order valence-corrected chi connectivity index (χ3v) is 2.93. The molecule has 0 heterocycles. The van der Waals surface area contributed by atoms with Crippen LogP contribution in [0.4, 0.5) is 16.2 Å². The van der Waals surface area contributed by atoms with Crippen LogP contribution in [-0.4, -0.2) is 42.9 Å². The second kappa shape index (κ2) is 10.5. The highest BCUT2D eigenvalue weighted by Crippen LogP contribution is 2.20. The summed E-state index contributed by atoms with van der Waals surface area (Å²) < 4.78 is 4.86. The van der Waals surface area contributed by atoms with Crippen LogP contribution in [0.15, 0.2) is 18.2 Å². The molecule has 0 fully saturated rings. The Balaban J connectivity index is 2.77. The minimum absolute atomic E-state index is 0.00762. The van der Waals surface area contributed by atoms with Crippen molar-refractivity contribution >= 4 is 41.1 Å². The number of anilines is 2. The maximum atomic E-state index is 12.2. The molecule has 1 rings (SSSR count). The van der Waals surface area contributed by atoms with Crippen molar-refractivity contribution < 1.29 is 28.7 Å². The molecule has 1 aromatic rings. The first kappa shape index (κ1) is 21.6. The number of nitrogens with one attached hydrogen (secondary N) is 4. The standard InChI is InChI=1S/C17H22N4O6/c1-4-5-18-17(26)21-15(24)9-27-16(25)12-6-13(19-10(2)22)8-14(7-12)20-11(3)23/h6-8H,4-5,9H2,1-3H3,(H,19,22)(H,20,23)(H2,18,21,24,26). The highest BCUT2D eigenvalue weighted by molar-refractivity contribution is 5.99. The van der Waals surface area contributed by atoms with Gasteiger partial charge in [-0.05, 0) is 24.6 Å². The second-order valence-electron chi connectivity index (χ2n) is 5.54. The average molecular weight is 378 g/mol. The predicted octanol–water partition coefficient (Wildman–Crippen LogP) is 0.996. The van der Waals surface area contributed by atoms with Gasteiger partial charge in [0.2, 0.25) is 11.8 Å².